The molecule has 0 aliphatic carbocycles. The van der Waals surface area contributed by atoms with Crippen LogP contribution in [0, 0.1) is 10.5 Å². The molecule has 0 radical (unpaired) electrons. The van der Waals surface area contributed by atoms with Gasteiger partial charge in [-0.05, 0) is 46.7 Å². The van der Waals surface area contributed by atoms with E-state index in [9.17, 15) is 0 Å². The van der Waals surface area contributed by atoms with Crippen LogP contribution in [0.15, 0.2) is 18.2 Å². The normalized spacial score (nSPS) is 22.3. The standard InChI is InChI=1S/C11H14INO/c1-8-6-9(2-3-10(8)12)11-7-14-5-4-13-11/h2-3,6,11,13H,4-5,7H2,1H3. The van der Waals surface area contributed by atoms with Crippen LogP contribution in [0.2, 0.25) is 0 Å². The van der Waals surface area contributed by atoms with Crippen molar-refractivity contribution in [2.45, 2.75) is 13.0 Å². The zero-order valence-electron chi connectivity index (χ0n) is 8.22. The maximum atomic E-state index is 5.44. The van der Waals surface area contributed by atoms with Gasteiger partial charge in [-0.2, -0.15) is 0 Å². The van der Waals surface area contributed by atoms with E-state index in [1.54, 1.807) is 0 Å². The molecule has 1 heterocycles. The fourth-order valence-corrected chi connectivity index (χ4v) is 2.00. The number of aryl methyl sites for hydroxylation is 1. The summed E-state index contributed by atoms with van der Waals surface area (Å²) < 4.78 is 6.76. The molecule has 1 aromatic rings. The number of ether oxygens (including phenoxy) is 1. The van der Waals surface area contributed by atoms with Gasteiger partial charge in [0.1, 0.15) is 0 Å². The Morgan fingerprint density at radius 2 is 2.36 bits per heavy atom. The summed E-state index contributed by atoms with van der Waals surface area (Å²) in [5, 5.41) is 3.45. The van der Waals surface area contributed by atoms with Crippen molar-refractivity contribution in [3.63, 3.8) is 0 Å². The molecule has 1 saturated heterocycles. The lowest BCUT2D eigenvalue weighted by molar-refractivity contribution is 0.0768. The van der Waals surface area contributed by atoms with Crippen LogP contribution in [0.1, 0.15) is 17.2 Å². The second-order valence-corrected chi connectivity index (χ2v) is 4.75. The van der Waals surface area contributed by atoms with Crippen molar-refractivity contribution < 1.29 is 4.74 Å². The third kappa shape index (κ3) is 2.27. The first kappa shape index (κ1) is 10.4. The topological polar surface area (TPSA) is 21.3 Å². The molecular weight excluding hydrogens is 289 g/mol. The zero-order chi connectivity index (χ0) is 9.97. The molecule has 0 aromatic heterocycles. The van der Waals surface area contributed by atoms with E-state index < -0.39 is 0 Å². The molecule has 0 saturated carbocycles. The summed E-state index contributed by atoms with van der Waals surface area (Å²) in [6, 6.07) is 6.97. The fourth-order valence-electron chi connectivity index (χ4n) is 1.66. The second kappa shape index (κ2) is 4.59. The van der Waals surface area contributed by atoms with Gasteiger partial charge in [0, 0.05) is 10.1 Å². The van der Waals surface area contributed by atoms with E-state index in [4.69, 9.17) is 4.74 Å². The van der Waals surface area contributed by atoms with E-state index in [1.807, 2.05) is 0 Å². The fraction of sp³-hybridized carbons (Fsp3) is 0.455. The lowest BCUT2D eigenvalue weighted by atomic mass is 10.0. The van der Waals surface area contributed by atoms with Gasteiger partial charge in [0.2, 0.25) is 0 Å². The van der Waals surface area contributed by atoms with Crippen molar-refractivity contribution >= 4 is 22.6 Å². The van der Waals surface area contributed by atoms with Crippen LogP contribution in [0.3, 0.4) is 0 Å². The van der Waals surface area contributed by atoms with Crippen molar-refractivity contribution in [1.82, 2.24) is 5.32 Å². The lowest BCUT2D eigenvalue weighted by Crippen LogP contribution is -2.34. The molecule has 3 heteroatoms. The van der Waals surface area contributed by atoms with E-state index in [0.717, 1.165) is 19.8 Å². The highest BCUT2D eigenvalue weighted by Gasteiger charge is 2.15. The number of nitrogens with one attached hydrogen (secondary N) is 1. The predicted molar refractivity (Wildman–Crippen MR) is 65.5 cm³/mol. The molecule has 1 fully saturated rings. The maximum Gasteiger partial charge on any atom is 0.0662 e. The van der Waals surface area contributed by atoms with Crippen molar-refractivity contribution in [3.8, 4) is 0 Å². The first-order chi connectivity index (χ1) is 6.77. The monoisotopic (exact) mass is 303 g/mol. The van der Waals surface area contributed by atoms with Crippen LogP contribution in [-0.2, 0) is 4.74 Å². The Labute approximate surface area is 98.2 Å². The molecule has 1 aliphatic rings. The Kier molecular flexibility index (Phi) is 3.41. The molecule has 2 rings (SSSR count). The van der Waals surface area contributed by atoms with Crippen LogP contribution in [0.4, 0.5) is 0 Å². The largest absolute Gasteiger partial charge is 0.378 e. The van der Waals surface area contributed by atoms with Gasteiger partial charge in [0.15, 0.2) is 0 Å². The van der Waals surface area contributed by atoms with E-state index in [-0.39, 0.29) is 0 Å². The number of morpholine rings is 1. The Morgan fingerprint density at radius 3 is 3.00 bits per heavy atom. The van der Waals surface area contributed by atoms with Crippen LogP contribution in [0.5, 0.6) is 0 Å². The van der Waals surface area contributed by atoms with Gasteiger partial charge in [0.05, 0.1) is 19.3 Å². The Balaban J connectivity index is 2.18. The highest BCUT2D eigenvalue weighted by Crippen LogP contribution is 2.20. The van der Waals surface area contributed by atoms with Crippen LogP contribution in [0.25, 0.3) is 0 Å². The number of hydrogen-bond acceptors (Lipinski definition) is 2. The highest BCUT2D eigenvalue weighted by molar-refractivity contribution is 14.1. The van der Waals surface area contributed by atoms with Crippen LogP contribution < -0.4 is 5.32 Å². The third-order valence-corrected chi connectivity index (χ3v) is 3.72. The van der Waals surface area contributed by atoms with E-state index in [2.05, 4.69) is 53.0 Å². The number of rotatable bonds is 1. The van der Waals surface area contributed by atoms with Gasteiger partial charge < -0.3 is 10.1 Å². The average Bonchev–Trinajstić information content (AvgIpc) is 2.23. The third-order valence-electron chi connectivity index (χ3n) is 2.51. The van der Waals surface area contributed by atoms with Crippen molar-refractivity contribution in [1.29, 1.82) is 0 Å². The first-order valence-corrected chi connectivity index (χ1v) is 5.92. The molecule has 1 aromatic carbocycles. The molecule has 1 atom stereocenters. The minimum atomic E-state index is 0.374. The molecule has 1 aliphatic heterocycles. The molecule has 0 amide bonds. The van der Waals surface area contributed by atoms with Crippen LogP contribution in [-0.4, -0.2) is 19.8 Å². The number of benzene rings is 1. The van der Waals surface area contributed by atoms with Gasteiger partial charge in [-0.25, -0.2) is 0 Å². The summed E-state index contributed by atoms with van der Waals surface area (Å²) >= 11 is 2.36. The summed E-state index contributed by atoms with van der Waals surface area (Å²) in [4.78, 5) is 0. The van der Waals surface area contributed by atoms with Gasteiger partial charge in [-0.3, -0.25) is 0 Å². The second-order valence-electron chi connectivity index (χ2n) is 3.59. The molecular formula is C11H14INO. The van der Waals surface area contributed by atoms with Crippen molar-refractivity contribution in [2.75, 3.05) is 19.8 Å². The number of halogens is 1. The summed E-state index contributed by atoms with van der Waals surface area (Å²) in [6.07, 6.45) is 0. The molecule has 76 valence electrons. The SMILES string of the molecule is Cc1cc(C2COCCN2)ccc1I. The quantitative estimate of drug-likeness (QED) is 0.804. The Bertz CT molecular complexity index is 321. The number of hydrogen-bond donors (Lipinski definition) is 1. The summed E-state index contributed by atoms with van der Waals surface area (Å²) in [6.45, 7) is 4.73. The molecule has 0 bridgehead atoms. The summed E-state index contributed by atoms with van der Waals surface area (Å²) in [5.74, 6) is 0. The summed E-state index contributed by atoms with van der Waals surface area (Å²) in [7, 11) is 0. The minimum Gasteiger partial charge on any atom is -0.378 e. The van der Waals surface area contributed by atoms with E-state index in [1.165, 1.54) is 14.7 Å². The Hall–Kier alpha value is -0.130. The predicted octanol–water partition coefficient (Wildman–Crippen LogP) is 2.26. The molecule has 2 nitrogen and oxygen atoms in total. The van der Waals surface area contributed by atoms with Gasteiger partial charge >= 0.3 is 0 Å². The van der Waals surface area contributed by atoms with Crippen LogP contribution >= 0.6 is 22.6 Å². The zero-order valence-corrected chi connectivity index (χ0v) is 10.4. The van der Waals surface area contributed by atoms with Gasteiger partial charge in [-0.1, -0.05) is 12.1 Å². The smallest absolute Gasteiger partial charge is 0.0662 e. The molecule has 0 spiro atoms. The maximum absolute atomic E-state index is 5.44. The Morgan fingerprint density at radius 1 is 1.50 bits per heavy atom. The van der Waals surface area contributed by atoms with E-state index >= 15 is 0 Å². The van der Waals surface area contributed by atoms with Crippen molar-refractivity contribution in [2.24, 2.45) is 0 Å². The molecule has 1 unspecified atom stereocenters. The first-order valence-electron chi connectivity index (χ1n) is 4.84. The highest BCUT2D eigenvalue weighted by atomic mass is 127. The minimum absolute atomic E-state index is 0.374. The van der Waals surface area contributed by atoms with Gasteiger partial charge in [-0.15, -0.1) is 0 Å². The van der Waals surface area contributed by atoms with Crippen molar-refractivity contribution in [3.05, 3.63) is 32.9 Å². The summed E-state index contributed by atoms with van der Waals surface area (Å²) in [5.41, 5.74) is 2.68. The molecule has 1 N–H and O–H groups in total. The van der Waals surface area contributed by atoms with Gasteiger partial charge in [0.25, 0.3) is 0 Å². The average molecular weight is 303 g/mol. The van der Waals surface area contributed by atoms with E-state index in [0.29, 0.717) is 6.04 Å². The molecule has 14 heavy (non-hydrogen) atoms. The lowest BCUT2D eigenvalue weighted by Gasteiger charge is -2.24.